The maximum atomic E-state index is 13.0. The van der Waals surface area contributed by atoms with Crippen LogP contribution in [0, 0.1) is 5.82 Å². The van der Waals surface area contributed by atoms with Gasteiger partial charge in [-0.2, -0.15) is 0 Å². The Hall–Kier alpha value is -0.650. The molecule has 0 aliphatic carbocycles. The van der Waals surface area contributed by atoms with Crippen molar-refractivity contribution in [3.63, 3.8) is 0 Å². The van der Waals surface area contributed by atoms with Crippen LogP contribution in [0.5, 0.6) is 0 Å². The maximum Gasteiger partial charge on any atom is 0.236 e. The number of carbonyl (C=O) groups is 1. The SMILES string of the molecule is O=C1C(I)C[C@H]2CCC[C@@H](c3ccc(F)cc3)N12. The quantitative estimate of drug-likeness (QED) is 0.556. The van der Waals surface area contributed by atoms with Crippen LogP contribution in [0.4, 0.5) is 4.39 Å². The summed E-state index contributed by atoms with van der Waals surface area (Å²) in [5.74, 6) is 0.0419. The molecule has 0 N–H and O–H groups in total. The van der Waals surface area contributed by atoms with E-state index < -0.39 is 0 Å². The standard InChI is InChI=1S/C14H15FINO/c15-10-6-4-9(5-7-10)13-3-1-2-11-8-12(16)14(18)17(11)13/h4-7,11-13H,1-3,8H2/t11-,12?,13+/m1/s1. The monoisotopic (exact) mass is 359 g/mol. The van der Waals surface area contributed by atoms with Gasteiger partial charge in [-0.15, -0.1) is 0 Å². The van der Waals surface area contributed by atoms with Gasteiger partial charge in [-0.25, -0.2) is 4.39 Å². The van der Waals surface area contributed by atoms with Crippen LogP contribution < -0.4 is 0 Å². The number of carbonyl (C=O) groups excluding carboxylic acids is 1. The Balaban J connectivity index is 1.91. The van der Waals surface area contributed by atoms with Crippen molar-refractivity contribution in [1.29, 1.82) is 0 Å². The maximum absolute atomic E-state index is 13.0. The van der Waals surface area contributed by atoms with Gasteiger partial charge < -0.3 is 4.90 Å². The van der Waals surface area contributed by atoms with Crippen molar-refractivity contribution in [3.05, 3.63) is 35.6 Å². The Morgan fingerprint density at radius 1 is 1.22 bits per heavy atom. The number of amides is 1. The summed E-state index contributed by atoms with van der Waals surface area (Å²) in [6.07, 6.45) is 4.23. The van der Waals surface area contributed by atoms with Crippen LogP contribution >= 0.6 is 22.6 Å². The van der Waals surface area contributed by atoms with Crippen molar-refractivity contribution in [3.8, 4) is 0 Å². The van der Waals surface area contributed by atoms with Crippen LogP contribution in [-0.4, -0.2) is 20.8 Å². The number of halogens is 2. The second kappa shape index (κ2) is 4.79. The fourth-order valence-corrected chi connectivity index (χ4v) is 4.07. The number of piperidine rings is 1. The summed E-state index contributed by atoms with van der Waals surface area (Å²) >= 11 is 2.25. The number of alkyl halides is 1. The van der Waals surface area contributed by atoms with Crippen LogP contribution in [-0.2, 0) is 4.79 Å². The molecule has 2 heterocycles. The molecule has 0 spiro atoms. The van der Waals surface area contributed by atoms with Gasteiger partial charge >= 0.3 is 0 Å². The highest BCUT2D eigenvalue weighted by Crippen LogP contribution is 2.41. The number of rotatable bonds is 1. The Morgan fingerprint density at radius 2 is 1.94 bits per heavy atom. The number of nitrogens with zero attached hydrogens (tertiary/aromatic N) is 1. The van der Waals surface area contributed by atoms with Crippen molar-refractivity contribution in [2.24, 2.45) is 0 Å². The van der Waals surface area contributed by atoms with Gasteiger partial charge in [0.15, 0.2) is 0 Å². The summed E-state index contributed by atoms with van der Waals surface area (Å²) < 4.78 is 13.1. The second-order valence-corrected chi connectivity index (χ2v) is 6.60. The number of hydrogen-bond donors (Lipinski definition) is 0. The predicted octanol–water partition coefficient (Wildman–Crippen LogP) is 3.46. The first-order valence-corrected chi connectivity index (χ1v) is 7.63. The first-order valence-electron chi connectivity index (χ1n) is 6.38. The Kier molecular flexibility index (Phi) is 3.30. The van der Waals surface area contributed by atoms with E-state index in [1.807, 2.05) is 17.0 Å². The molecule has 0 saturated carbocycles. The highest BCUT2D eigenvalue weighted by atomic mass is 127. The fraction of sp³-hybridized carbons (Fsp3) is 0.500. The van der Waals surface area contributed by atoms with Crippen LogP contribution in [0.3, 0.4) is 0 Å². The third kappa shape index (κ3) is 2.04. The second-order valence-electron chi connectivity index (χ2n) is 5.10. The lowest BCUT2D eigenvalue weighted by Crippen LogP contribution is -2.40. The molecule has 3 atom stereocenters. The molecule has 96 valence electrons. The Morgan fingerprint density at radius 3 is 2.67 bits per heavy atom. The van der Waals surface area contributed by atoms with Gasteiger partial charge in [-0.05, 0) is 43.4 Å². The molecule has 2 aliphatic rings. The Labute approximate surface area is 120 Å². The first kappa shape index (κ1) is 12.4. The lowest BCUT2D eigenvalue weighted by molar-refractivity contribution is -0.132. The zero-order chi connectivity index (χ0) is 12.7. The van der Waals surface area contributed by atoms with Crippen LogP contribution in [0.2, 0.25) is 0 Å². The van der Waals surface area contributed by atoms with Crippen molar-refractivity contribution >= 4 is 28.5 Å². The average Bonchev–Trinajstić information content (AvgIpc) is 2.66. The number of fused-ring (bicyclic) bond motifs is 1. The lowest BCUT2D eigenvalue weighted by atomic mass is 9.92. The van der Waals surface area contributed by atoms with Gasteiger partial charge in [-0.1, -0.05) is 34.7 Å². The topological polar surface area (TPSA) is 20.3 Å². The van der Waals surface area contributed by atoms with Crippen molar-refractivity contribution in [1.82, 2.24) is 4.90 Å². The third-order valence-corrected chi connectivity index (χ3v) is 5.04. The molecular formula is C14H15FINO. The lowest BCUT2D eigenvalue weighted by Gasteiger charge is -2.38. The van der Waals surface area contributed by atoms with E-state index in [-0.39, 0.29) is 21.7 Å². The summed E-state index contributed by atoms with van der Waals surface area (Å²) in [5.41, 5.74) is 1.07. The Bertz CT molecular complexity index is 461. The van der Waals surface area contributed by atoms with E-state index in [4.69, 9.17) is 0 Å². The normalized spacial score (nSPS) is 31.6. The molecule has 1 amide bonds. The smallest absolute Gasteiger partial charge is 0.236 e. The van der Waals surface area contributed by atoms with E-state index >= 15 is 0 Å². The summed E-state index contributed by atoms with van der Waals surface area (Å²) in [4.78, 5) is 14.3. The van der Waals surface area contributed by atoms with Gasteiger partial charge in [0, 0.05) is 6.04 Å². The van der Waals surface area contributed by atoms with Crippen LogP contribution in [0.25, 0.3) is 0 Å². The fourth-order valence-electron chi connectivity index (χ4n) is 3.16. The number of hydrogen-bond acceptors (Lipinski definition) is 1. The highest BCUT2D eigenvalue weighted by molar-refractivity contribution is 14.1. The van der Waals surface area contributed by atoms with Crippen molar-refractivity contribution in [2.75, 3.05) is 0 Å². The minimum absolute atomic E-state index is 0.119. The molecule has 1 aromatic carbocycles. The van der Waals surface area contributed by atoms with Gasteiger partial charge in [0.1, 0.15) is 5.82 Å². The van der Waals surface area contributed by atoms with Gasteiger partial charge in [0.05, 0.1) is 9.97 Å². The van der Waals surface area contributed by atoms with E-state index in [2.05, 4.69) is 22.6 Å². The van der Waals surface area contributed by atoms with Gasteiger partial charge in [0.25, 0.3) is 0 Å². The molecule has 0 bridgehead atoms. The number of benzene rings is 1. The molecule has 1 aromatic rings. The van der Waals surface area contributed by atoms with Crippen molar-refractivity contribution < 1.29 is 9.18 Å². The molecule has 0 aromatic heterocycles. The molecule has 1 unspecified atom stereocenters. The van der Waals surface area contributed by atoms with E-state index in [9.17, 15) is 9.18 Å². The van der Waals surface area contributed by atoms with Crippen molar-refractivity contribution in [2.45, 2.75) is 41.7 Å². The van der Waals surface area contributed by atoms with E-state index in [0.29, 0.717) is 6.04 Å². The molecule has 2 saturated heterocycles. The average molecular weight is 359 g/mol. The van der Waals surface area contributed by atoms with E-state index in [1.165, 1.54) is 12.1 Å². The van der Waals surface area contributed by atoms with Gasteiger partial charge in [0.2, 0.25) is 5.91 Å². The van der Waals surface area contributed by atoms with Crippen LogP contribution in [0.1, 0.15) is 37.3 Å². The molecule has 18 heavy (non-hydrogen) atoms. The largest absolute Gasteiger partial charge is 0.332 e. The minimum Gasteiger partial charge on any atom is -0.332 e. The molecule has 4 heteroatoms. The molecular weight excluding hydrogens is 344 g/mol. The third-order valence-electron chi connectivity index (χ3n) is 4.00. The zero-order valence-corrected chi connectivity index (χ0v) is 12.1. The van der Waals surface area contributed by atoms with E-state index in [0.717, 1.165) is 31.2 Å². The molecule has 2 fully saturated rings. The highest BCUT2D eigenvalue weighted by Gasteiger charge is 2.43. The van der Waals surface area contributed by atoms with E-state index in [1.54, 1.807) is 0 Å². The molecule has 2 aliphatic heterocycles. The van der Waals surface area contributed by atoms with Gasteiger partial charge in [-0.3, -0.25) is 4.79 Å². The summed E-state index contributed by atoms with van der Waals surface area (Å²) in [6.45, 7) is 0. The molecule has 2 nitrogen and oxygen atoms in total. The zero-order valence-electron chi connectivity index (χ0n) is 9.98. The summed E-state index contributed by atoms with van der Waals surface area (Å²) in [6, 6.07) is 7.15. The van der Waals surface area contributed by atoms with Crippen LogP contribution in [0.15, 0.2) is 24.3 Å². The molecule has 0 radical (unpaired) electrons. The summed E-state index contributed by atoms with van der Waals surface area (Å²) in [5, 5.41) is 0. The first-order chi connectivity index (χ1) is 8.66. The summed E-state index contributed by atoms with van der Waals surface area (Å²) in [7, 11) is 0. The predicted molar refractivity (Wildman–Crippen MR) is 76.1 cm³/mol. The molecule has 3 rings (SSSR count). The minimum atomic E-state index is -0.217.